The molecule has 0 aromatic carbocycles. The van der Waals surface area contributed by atoms with Crippen LogP contribution in [0.15, 0.2) is 0 Å². The van der Waals surface area contributed by atoms with Gasteiger partial charge in [0.15, 0.2) is 0 Å². The minimum Gasteiger partial charge on any atom is -0.328 e. The van der Waals surface area contributed by atoms with Crippen molar-refractivity contribution in [3.8, 4) is 0 Å². The number of piperidine rings is 1. The average molecular weight is 171 g/mol. The van der Waals surface area contributed by atoms with Crippen LogP contribution in [0.5, 0.6) is 0 Å². The standard InChI is InChI=1S/C9H21N3/c1-7(10)6-9(11)8-2-4-12-5-3-8/h7-9,12H,2-6,10-11H2,1H3/t7-,9?/m0/s1. The summed E-state index contributed by atoms with van der Waals surface area (Å²) < 4.78 is 0. The number of nitrogens with two attached hydrogens (primary N) is 2. The molecule has 2 atom stereocenters. The highest BCUT2D eigenvalue weighted by Gasteiger charge is 2.20. The Morgan fingerprint density at radius 1 is 1.33 bits per heavy atom. The third kappa shape index (κ3) is 3.09. The Balaban J connectivity index is 2.24. The van der Waals surface area contributed by atoms with E-state index in [2.05, 4.69) is 5.32 Å². The number of hydrogen-bond acceptors (Lipinski definition) is 3. The molecule has 12 heavy (non-hydrogen) atoms. The van der Waals surface area contributed by atoms with Crippen LogP contribution >= 0.6 is 0 Å². The molecule has 0 aliphatic carbocycles. The van der Waals surface area contributed by atoms with E-state index in [-0.39, 0.29) is 6.04 Å². The zero-order valence-electron chi connectivity index (χ0n) is 7.92. The second kappa shape index (κ2) is 4.80. The minimum atomic E-state index is 0.245. The highest BCUT2D eigenvalue weighted by molar-refractivity contribution is 4.80. The van der Waals surface area contributed by atoms with Crippen LogP contribution in [0, 0.1) is 5.92 Å². The smallest absolute Gasteiger partial charge is 0.00827 e. The molecule has 1 unspecified atom stereocenters. The summed E-state index contributed by atoms with van der Waals surface area (Å²) in [5, 5.41) is 3.34. The van der Waals surface area contributed by atoms with Crippen LogP contribution in [0.3, 0.4) is 0 Å². The zero-order chi connectivity index (χ0) is 8.97. The molecule has 0 radical (unpaired) electrons. The molecule has 1 heterocycles. The largest absolute Gasteiger partial charge is 0.328 e. The Hall–Kier alpha value is -0.120. The zero-order valence-corrected chi connectivity index (χ0v) is 7.92. The van der Waals surface area contributed by atoms with Crippen LogP contribution in [-0.2, 0) is 0 Å². The topological polar surface area (TPSA) is 64.1 Å². The normalized spacial score (nSPS) is 25.2. The first-order valence-electron chi connectivity index (χ1n) is 4.92. The van der Waals surface area contributed by atoms with Gasteiger partial charge in [0.05, 0.1) is 0 Å². The van der Waals surface area contributed by atoms with Gasteiger partial charge in [0.1, 0.15) is 0 Å². The van der Waals surface area contributed by atoms with Gasteiger partial charge >= 0.3 is 0 Å². The molecule has 3 heteroatoms. The summed E-state index contributed by atoms with van der Waals surface area (Å²) in [5.74, 6) is 0.692. The lowest BCUT2D eigenvalue weighted by atomic mass is 9.87. The van der Waals surface area contributed by atoms with Crippen LogP contribution in [0.25, 0.3) is 0 Å². The van der Waals surface area contributed by atoms with Crippen LogP contribution in [0.2, 0.25) is 0 Å². The average Bonchev–Trinajstić information content (AvgIpc) is 2.05. The lowest BCUT2D eigenvalue weighted by molar-refractivity contribution is 0.299. The molecule has 5 N–H and O–H groups in total. The lowest BCUT2D eigenvalue weighted by Gasteiger charge is -2.28. The van der Waals surface area contributed by atoms with Crippen LogP contribution in [0.4, 0.5) is 0 Å². The molecule has 0 saturated carbocycles. The fourth-order valence-corrected chi connectivity index (χ4v) is 1.89. The molecule has 0 spiro atoms. The van der Waals surface area contributed by atoms with E-state index in [1.54, 1.807) is 0 Å². The third-order valence-corrected chi connectivity index (χ3v) is 2.63. The van der Waals surface area contributed by atoms with Gasteiger partial charge in [-0.3, -0.25) is 0 Å². The van der Waals surface area contributed by atoms with Crippen molar-refractivity contribution in [2.24, 2.45) is 17.4 Å². The maximum absolute atomic E-state index is 6.04. The monoisotopic (exact) mass is 171 g/mol. The van der Waals surface area contributed by atoms with Crippen LogP contribution in [0.1, 0.15) is 26.2 Å². The highest BCUT2D eigenvalue weighted by Crippen LogP contribution is 2.17. The molecule has 1 fully saturated rings. The minimum absolute atomic E-state index is 0.245. The summed E-state index contributed by atoms with van der Waals surface area (Å²) in [6.07, 6.45) is 3.40. The fourth-order valence-electron chi connectivity index (χ4n) is 1.89. The summed E-state index contributed by atoms with van der Waals surface area (Å²) in [7, 11) is 0. The van der Waals surface area contributed by atoms with E-state index >= 15 is 0 Å². The Kier molecular flexibility index (Phi) is 3.98. The van der Waals surface area contributed by atoms with Crippen LogP contribution < -0.4 is 16.8 Å². The van der Waals surface area contributed by atoms with Gasteiger partial charge in [0, 0.05) is 12.1 Å². The molecule has 0 aromatic heterocycles. The molecular weight excluding hydrogens is 150 g/mol. The summed E-state index contributed by atoms with van der Waals surface area (Å²) in [4.78, 5) is 0. The summed E-state index contributed by atoms with van der Waals surface area (Å²) in [6.45, 7) is 4.27. The second-order valence-electron chi connectivity index (χ2n) is 3.96. The predicted molar refractivity (Wildman–Crippen MR) is 51.8 cm³/mol. The first-order valence-corrected chi connectivity index (χ1v) is 4.92. The van der Waals surface area contributed by atoms with Gasteiger partial charge in [-0.25, -0.2) is 0 Å². The van der Waals surface area contributed by atoms with Crippen molar-refractivity contribution in [2.45, 2.75) is 38.3 Å². The van der Waals surface area contributed by atoms with E-state index < -0.39 is 0 Å². The number of hydrogen-bond donors (Lipinski definition) is 3. The molecule has 72 valence electrons. The van der Waals surface area contributed by atoms with Gasteiger partial charge in [-0.15, -0.1) is 0 Å². The quantitative estimate of drug-likeness (QED) is 0.562. The molecule has 0 bridgehead atoms. The number of nitrogens with one attached hydrogen (secondary N) is 1. The van der Waals surface area contributed by atoms with E-state index in [0.717, 1.165) is 19.5 Å². The molecule has 0 aromatic rings. The van der Waals surface area contributed by atoms with Gasteiger partial charge in [-0.1, -0.05) is 0 Å². The van der Waals surface area contributed by atoms with Gasteiger partial charge < -0.3 is 16.8 Å². The highest BCUT2D eigenvalue weighted by atomic mass is 14.9. The molecule has 1 aliphatic heterocycles. The second-order valence-corrected chi connectivity index (χ2v) is 3.96. The fraction of sp³-hybridized carbons (Fsp3) is 1.00. The van der Waals surface area contributed by atoms with E-state index in [0.29, 0.717) is 12.0 Å². The Morgan fingerprint density at radius 3 is 2.42 bits per heavy atom. The first kappa shape index (κ1) is 9.96. The Morgan fingerprint density at radius 2 is 1.92 bits per heavy atom. The van der Waals surface area contributed by atoms with Gasteiger partial charge in [-0.05, 0) is 45.2 Å². The van der Waals surface area contributed by atoms with E-state index in [9.17, 15) is 0 Å². The maximum atomic E-state index is 6.04. The van der Waals surface area contributed by atoms with Crippen molar-refractivity contribution in [2.75, 3.05) is 13.1 Å². The number of rotatable bonds is 3. The summed E-state index contributed by atoms with van der Waals surface area (Å²) >= 11 is 0. The van der Waals surface area contributed by atoms with Crippen LogP contribution in [-0.4, -0.2) is 25.2 Å². The molecule has 1 saturated heterocycles. The van der Waals surface area contributed by atoms with Crippen molar-refractivity contribution in [3.63, 3.8) is 0 Å². The Bertz CT molecular complexity index is 119. The maximum Gasteiger partial charge on any atom is 0.00827 e. The van der Waals surface area contributed by atoms with E-state index in [1.165, 1.54) is 12.8 Å². The summed E-state index contributed by atoms with van der Waals surface area (Å²) in [6, 6.07) is 0.557. The predicted octanol–water partition coefficient (Wildman–Crippen LogP) is 0.0506. The molecule has 0 amide bonds. The van der Waals surface area contributed by atoms with E-state index in [4.69, 9.17) is 11.5 Å². The van der Waals surface area contributed by atoms with Gasteiger partial charge in [0.2, 0.25) is 0 Å². The molecule has 1 aliphatic rings. The third-order valence-electron chi connectivity index (χ3n) is 2.63. The van der Waals surface area contributed by atoms with E-state index in [1.807, 2.05) is 6.92 Å². The Labute approximate surface area is 74.9 Å². The van der Waals surface area contributed by atoms with Crippen molar-refractivity contribution >= 4 is 0 Å². The molecular formula is C9H21N3. The van der Waals surface area contributed by atoms with Crippen molar-refractivity contribution in [3.05, 3.63) is 0 Å². The molecule has 3 nitrogen and oxygen atoms in total. The summed E-state index contributed by atoms with van der Waals surface area (Å²) in [5.41, 5.74) is 11.7. The van der Waals surface area contributed by atoms with Crippen molar-refractivity contribution < 1.29 is 0 Å². The first-order chi connectivity index (χ1) is 5.70. The van der Waals surface area contributed by atoms with Crippen molar-refractivity contribution in [1.82, 2.24) is 5.32 Å². The SMILES string of the molecule is C[C@H](N)CC(N)C1CCNCC1. The molecule has 1 rings (SSSR count). The van der Waals surface area contributed by atoms with Gasteiger partial charge in [-0.2, -0.15) is 0 Å². The van der Waals surface area contributed by atoms with Crippen molar-refractivity contribution in [1.29, 1.82) is 0 Å². The lowest BCUT2D eigenvalue weighted by Crippen LogP contribution is -2.41. The van der Waals surface area contributed by atoms with Gasteiger partial charge in [0.25, 0.3) is 0 Å².